The lowest BCUT2D eigenvalue weighted by atomic mass is 9.90. The number of likely N-dealkylation sites (tertiary alicyclic amines) is 1. The number of nitrogens with two attached hydrogens (primary N) is 1. The first-order chi connectivity index (χ1) is 9.62. The molecule has 112 valence electrons. The Labute approximate surface area is 121 Å². The largest absolute Gasteiger partial charge is 0.333 e. The van der Waals surface area contributed by atoms with Crippen molar-refractivity contribution in [3.05, 3.63) is 17.5 Å². The van der Waals surface area contributed by atoms with Gasteiger partial charge >= 0.3 is 0 Å². The molecular weight excluding hydrogens is 252 g/mol. The minimum absolute atomic E-state index is 0.0843. The third-order valence-corrected chi connectivity index (χ3v) is 4.33. The Morgan fingerprint density at radius 1 is 1.50 bits per heavy atom. The number of carbonyl (C=O) groups is 1. The van der Waals surface area contributed by atoms with Gasteiger partial charge in [0, 0.05) is 25.7 Å². The molecule has 0 saturated carbocycles. The number of piperidine rings is 1. The molecule has 5 heteroatoms. The normalized spacial score (nSPS) is 23.1. The van der Waals surface area contributed by atoms with Crippen molar-refractivity contribution in [2.45, 2.75) is 52.6 Å². The summed E-state index contributed by atoms with van der Waals surface area (Å²) in [6.45, 7) is 8.32. The van der Waals surface area contributed by atoms with Gasteiger partial charge in [0.15, 0.2) is 0 Å². The smallest absolute Gasteiger partial charge is 0.272 e. The van der Waals surface area contributed by atoms with Crippen molar-refractivity contribution >= 4 is 5.91 Å². The molecule has 1 amide bonds. The first-order valence-corrected chi connectivity index (χ1v) is 7.70. The predicted octanol–water partition coefficient (Wildman–Crippen LogP) is 1.66. The minimum atomic E-state index is 0.0843. The Morgan fingerprint density at radius 3 is 2.85 bits per heavy atom. The maximum atomic E-state index is 12.8. The van der Waals surface area contributed by atoms with E-state index in [0.717, 1.165) is 38.0 Å². The molecule has 2 atom stereocenters. The lowest BCUT2D eigenvalue weighted by molar-refractivity contribution is 0.0520. The summed E-state index contributed by atoms with van der Waals surface area (Å²) in [5.41, 5.74) is 7.57. The van der Waals surface area contributed by atoms with Crippen LogP contribution in [0.4, 0.5) is 0 Å². The molecule has 2 unspecified atom stereocenters. The van der Waals surface area contributed by atoms with Gasteiger partial charge in [0.05, 0.1) is 5.69 Å². The van der Waals surface area contributed by atoms with Crippen LogP contribution in [0.15, 0.2) is 6.07 Å². The zero-order chi connectivity index (χ0) is 14.7. The molecule has 1 aromatic heterocycles. The van der Waals surface area contributed by atoms with Crippen LogP contribution in [0.25, 0.3) is 0 Å². The first kappa shape index (κ1) is 15.0. The summed E-state index contributed by atoms with van der Waals surface area (Å²) in [6, 6.07) is 2.08. The SMILES string of the molecule is CCc1cc(C(=O)N2CCCC(C)C2CN)n(CC)n1. The van der Waals surface area contributed by atoms with Gasteiger partial charge in [-0.3, -0.25) is 9.48 Å². The summed E-state index contributed by atoms with van der Waals surface area (Å²) in [4.78, 5) is 14.8. The average molecular weight is 278 g/mol. The zero-order valence-corrected chi connectivity index (χ0v) is 12.8. The molecule has 0 spiro atoms. The van der Waals surface area contributed by atoms with Crippen LogP contribution in [0.5, 0.6) is 0 Å². The van der Waals surface area contributed by atoms with E-state index in [-0.39, 0.29) is 11.9 Å². The van der Waals surface area contributed by atoms with Crippen molar-refractivity contribution in [3.63, 3.8) is 0 Å². The van der Waals surface area contributed by atoms with E-state index < -0.39 is 0 Å². The average Bonchev–Trinajstić information content (AvgIpc) is 2.89. The van der Waals surface area contributed by atoms with Gasteiger partial charge in [0.25, 0.3) is 5.91 Å². The lowest BCUT2D eigenvalue weighted by Crippen LogP contribution is -2.51. The minimum Gasteiger partial charge on any atom is -0.333 e. The molecule has 0 radical (unpaired) electrons. The summed E-state index contributed by atoms with van der Waals surface area (Å²) in [5.74, 6) is 0.558. The van der Waals surface area contributed by atoms with Gasteiger partial charge in [-0.25, -0.2) is 0 Å². The third-order valence-electron chi connectivity index (χ3n) is 4.33. The molecule has 2 heterocycles. The van der Waals surface area contributed by atoms with Crippen LogP contribution in [-0.4, -0.2) is 39.7 Å². The standard InChI is InChI=1S/C15H26N4O/c1-4-12-9-13(19(5-2)17-12)15(20)18-8-6-7-11(3)14(18)10-16/h9,11,14H,4-8,10,16H2,1-3H3. The van der Waals surface area contributed by atoms with Crippen LogP contribution in [0, 0.1) is 5.92 Å². The molecule has 1 aliphatic heterocycles. The van der Waals surface area contributed by atoms with Gasteiger partial charge in [-0.2, -0.15) is 5.10 Å². The number of aryl methyl sites for hydroxylation is 2. The summed E-state index contributed by atoms with van der Waals surface area (Å²) in [5, 5.41) is 4.47. The number of hydrogen-bond donors (Lipinski definition) is 1. The van der Waals surface area contributed by atoms with Gasteiger partial charge in [-0.1, -0.05) is 13.8 Å². The molecular formula is C15H26N4O. The summed E-state index contributed by atoms with van der Waals surface area (Å²) >= 11 is 0. The Morgan fingerprint density at radius 2 is 2.25 bits per heavy atom. The molecule has 1 saturated heterocycles. The molecule has 1 aromatic rings. The van der Waals surface area contributed by atoms with Crippen molar-refractivity contribution in [1.82, 2.24) is 14.7 Å². The molecule has 0 aromatic carbocycles. The Hall–Kier alpha value is -1.36. The van der Waals surface area contributed by atoms with Crippen LogP contribution in [-0.2, 0) is 13.0 Å². The highest BCUT2D eigenvalue weighted by Crippen LogP contribution is 2.24. The Kier molecular flexibility index (Phi) is 4.81. The van der Waals surface area contributed by atoms with E-state index in [1.54, 1.807) is 0 Å². The molecule has 0 aliphatic carbocycles. The van der Waals surface area contributed by atoms with Crippen molar-refractivity contribution in [3.8, 4) is 0 Å². The number of carbonyl (C=O) groups excluding carboxylic acids is 1. The summed E-state index contributed by atoms with van der Waals surface area (Å²) in [7, 11) is 0. The number of amides is 1. The summed E-state index contributed by atoms with van der Waals surface area (Å²) in [6.07, 6.45) is 3.06. The van der Waals surface area contributed by atoms with E-state index in [4.69, 9.17) is 5.73 Å². The maximum Gasteiger partial charge on any atom is 0.272 e. The van der Waals surface area contributed by atoms with Crippen molar-refractivity contribution < 1.29 is 4.79 Å². The topological polar surface area (TPSA) is 64.2 Å². The van der Waals surface area contributed by atoms with Crippen LogP contribution < -0.4 is 5.73 Å². The monoisotopic (exact) mass is 278 g/mol. The van der Waals surface area contributed by atoms with Crippen LogP contribution in [0.1, 0.15) is 49.8 Å². The van der Waals surface area contributed by atoms with Crippen molar-refractivity contribution in [2.24, 2.45) is 11.7 Å². The molecule has 1 fully saturated rings. The van der Waals surface area contributed by atoms with Crippen LogP contribution >= 0.6 is 0 Å². The van der Waals surface area contributed by atoms with Gasteiger partial charge < -0.3 is 10.6 Å². The van der Waals surface area contributed by atoms with E-state index in [2.05, 4.69) is 18.9 Å². The highest BCUT2D eigenvalue weighted by Gasteiger charge is 2.32. The second kappa shape index (κ2) is 6.39. The van der Waals surface area contributed by atoms with E-state index in [1.807, 2.05) is 22.6 Å². The molecule has 5 nitrogen and oxygen atoms in total. The fourth-order valence-corrected chi connectivity index (χ4v) is 3.06. The van der Waals surface area contributed by atoms with E-state index >= 15 is 0 Å². The number of nitrogens with zero attached hydrogens (tertiary/aromatic N) is 3. The number of aromatic nitrogens is 2. The van der Waals surface area contributed by atoms with Crippen LogP contribution in [0.3, 0.4) is 0 Å². The first-order valence-electron chi connectivity index (χ1n) is 7.70. The van der Waals surface area contributed by atoms with Gasteiger partial charge in [-0.15, -0.1) is 0 Å². The van der Waals surface area contributed by atoms with Gasteiger partial charge in [0.2, 0.25) is 0 Å². The highest BCUT2D eigenvalue weighted by atomic mass is 16.2. The third kappa shape index (κ3) is 2.73. The Balaban J connectivity index is 2.27. The zero-order valence-electron chi connectivity index (χ0n) is 12.8. The molecule has 1 aliphatic rings. The van der Waals surface area contributed by atoms with Gasteiger partial charge in [0.1, 0.15) is 5.69 Å². The fraction of sp³-hybridized carbons (Fsp3) is 0.733. The number of hydrogen-bond acceptors (Lipinski definition) is 3. The molecule has 0 bridgehead atoms. The maximum absolute atomic E-state index is 12.8. The fourth-order valence-electron chi connectivity index (χ4n) is 3.06. The van der Waals surface area contributed by atoms with E-state index in [9.17, 15) is 4.79 Å². The van der Waals surface area contributed by atoms with Crippen molar-refractivity contribution in [2.75, 3.05) is 13.1 Å². The molecule has 2 rings (SSSR count). The Bertz CT molecular complexity index is 468. The highest BCUT2D eigenvalue weighted by molar-refractivity contribution is 5.93. The molecule has 2 N–H and O–H groups in total. The second-order valence-corrected chi connectivity index (χ2v) is 5.61. The van der Waals surface area contributed by atoms with E-state index in [0.29, 0.717) is 18.2 Å². The quantitative estimate of drug-likeness (QED) is 0.911. The van der Waals surface area contributed by atoms with Crippen LogP contribution in [0.2, 0.25) is 0 Å². The summed E-state index contributed by atoms with van der Waals surface area (Å²) < 4.78 is 1.81. The second-order valence-electron chi connectivity index (χ2n) is 5.61. The van der Waals surface area contributed by atoms with E-state index in [1.165, 1.54) is 0 Å². The predicted molar refractivity (Wildman–Crippen MR) is 79.6 cm³/mol. The number of rotatable bonds is 4. The lowest BCUT2D eigenvalue weighted by Gasteiger charge is -2.39. The van der Waals surface area contributed by atoms with Crippen molar-refractivity contribution in [1.29, 1.82) is 0 Å². The van der Waals surface area contributed by atoms with Gasteiger partial charge in [-0.05, 0) is 38.2 Å². The molecule has 20 heavy (non-hydrogen) atoms.